The van der Waals surface area contributed by atoms with E-state index in [1.54, 1.807) is 24.3 Å². The molecule has 1 atom stereocenters. The van der Waals surface area contributed by atoms with E-state index >= 15 is 0 Å². The van der Waals surface area contributed by atoms with Gasteiger partial charge in [-0.25, -0.2) is 0 Å². The van der Waals surface area contributed by atoms with Gasteiger partial charge in [0.15, 0.2) is 5.00 Å². The van der Waals surface area contributed by atoms with Gasteiger partial charge < -0.3 is 5.73 Å². The van der Waals surface area contributed by atoms with E-state index in [1.807, 2.05) is 6.07 Å². The second-order valence-electron chi connectivity index (χ2n) is 4.75. The molecule has 1 heterocycles. The third-order valence-electron chi connectivity index (χ3n) is 3.37. The number of nitrogens with two attached hydrogens (primary N) is 1. The Morgan fingerprint density at radius 3 is 2.33 bits per heavy atom. The van der Waals surface area contributed by atoms with Crippen molar-refractivity contribution >= 4 is 23.4 Å². The lowest BCUT2D eigenvalue weighted by Gasteiger charge is -2.15. The zero-order chi connectivity index (χ0) is 15.3. The van der Waals surface area contributed by atoms with E-state index < -0.39 is 16.7 Å². The normalized spacial score (nSPS) is 20.6. The number of anilines is 1. The van der Waals surface area contributed by atoms with Crippen molar-refractivity contribution in [2.75, 3.05) is 5.73 Å². The molecule has 0 fully saturated rings. The molecule has 0 saturated heterocycles. The molecule has 0 amide bonds. The number of hydrogen-bond acceptors (Lipinski definition) is 2. The number of rotatable bonds is 1. The summed E-state index contributed by atoms with van der Waals surface area (Å²) in [6, 6.07) is 11.1. The summed E-state index contributed by atoms with van der Waals surface area (Å²) in [5, 5.41) is 0.586. The maximum Gasteiger partial charge on any atom is 0.418 e. The zero-order valence-electron chi connectivity index (χ0n) is 10.7. The van der Waals surface area contributed by atoms with Crippen LogP contribution in [-0.2, 0) is 11.2 Å². The lowest BCUT2D eigenvalue weighted by Crippen LogP contribution is -2.28. The lowest BCUT2D eigenvalue weighted by molar-refractivity contribution is -0.136. The van der Waals surface area contributed by atoms with Crippen molar-refractivity contribution in [2.45, 2.75) is 11.2 Å². The first-order chi connectivity index (χ1) is 9.81. The van der Waals surface area contributed by atoms with Gasteiger partial charge in [0.05, 0.1) is 16.6 Å². The van der Waals surface area contributed by atoms with E-state index in [0.29, 0.717) is 10.9 Å². The number of hydrogen-bond donors (Lipinski definition) is 1. The van der Waals surface area contributed by atoms with Crippen molar-refractivity contribution in [3.8, 4) is 0 Å². The molecule has 2 N–H and O–H groups in total. The van der Waals surface area contributed by atoms with E-state index in [-0.39, 0.29) is 10.9 Å². The zero-order valence-corrected chi connectivity index (χ0v) is 11.4. The molecule has 2 aromatic carbocycles. The van der Waals surface area contributed by atoms with Gasteiger partial charge in [-0.15, -0.1) is 0 Å². The Bertz CT molecular complexity index is 815. The summed E-state index contributed by atoms with van der Waals surface area (Å²) in [7, 11) is 0. The second kappa shape index (κ2) is 4.49. The highest BCUT2D eigenvalue weighted by Gasteiger charge is 2.35. The number of benzene rings is 2. The van der Waals surface area contributed by atoms with Gasteiger partial charge >= 0.3 is 6.18 Å². The summed E-state index contributed by atoms with van der Waals surface area (Å²) < 4.78 is 38.6. The molecule has 0 bridgehead atoms. The largest absolute Gasteiger partial charge is 0.418 e. The van der Waals surface area contributed by atoms with Gasteiger partial charge in [0.1, 0.15) is 0 Å². The molecule has 108 valence electrons. The highest BCUT2D eigenvalue weighted by atomic mass is 35.5. The maximum absolute atomic E-state index is 12.9. The molecule has 3 rings (SSSR count). The molecule has 2 aromatic rings. The molecular formula is C15H10ClF3N2. The smallest absolute Gasteiger partial charge is 0.398 e. The number of halogens is 4. The highest BCUT2D eigenvalue weighted by Crippen LogP contribution is 2.35. The molecule has 0 aliphatic carbocycles. The topological polar surface area (TPSA) is 38.4 Å². The quantitative estimate of drug-likeness (QED) is 0.491. The predicted molar refractivity (Wildman–Crippen MR) is 75.1 cm³/mol. The van der Waals surface area contributed by atoms with Crippen molar-refractivity contribution in [1.29, 1.82) is 0 Å². The van der Waals surface area contributed by atoms with E-state index in [4.69, 9.17) is 17.3 Å². The molecule has 0 radical (unpaired) electrons. The molecule has 1 aliphatic heterocycles. The summed E-state index contributed by atoms with van der Waals surface area (Å²) in [5.41, 5.74) is 5.11. The maximum atomic E-state index is 12.9. The summed E-state index contributed by atoms with van der Waals surface area (Å²) in [4.78, 5) is 3.08. The van der Waals surface area contributed by atoms with Crippen molar-refractivity contribution in [3.05, 3.63) is 64.2 Å². The van der Waals surface area contributed by atoms with Gasteiger partial charge in [0.2, 0.25) is 0 Å². The Kier molecular flexibility index (Phi) is 2.99. The van der Waals surface area contributed by atoms with Gasteiger partial charge in [-0.3, -0.25) is 4.99 Å². The predicted octanol–water partition coefficient (Wildman–Crippen LogP) is 2.79. The van der Waals surface area contributed by atoms with E-state index in [2.05, 4.69) is 4.99 Å². The third kappa shape index (κ3) is 2.27. The van der Waals surface area contributed by atoms with Crippen LogP contribution in [0, 0.1) is 0 Å². The highest BCUT2D eigenvalue weighted by molar-refractivity contribution is 6.27. The summed E-state index contributed by atoms with van der Waals surface area (Å²) in [6.45, 7) is 0. The first-order valence-electron chi connectivity index (χ1n) is 6.14. The first-order valence-corrected chi connectivity index (χ1v) is 6.52. The van der Waals surface area contributed by atoms with Crippen LogP contribution < -0.4 is 16.3 Å². The Morgan fingerprint density at radius 1 is 1.05 bits per heavy atom. The van der Waals surface area contributed by atoms with Crippen LogP contribution in [0.25, 0.3) is 6.08 Å². The van der Waals surface area contributed by atoms with Crippen LogP contribution in [0.15, 0.2) is 47.5 Å². The molecule has 2 nitrogen and oxygen atoms in total. The fourth-order valence-electron chi connectivity index (χ4n) is 2.34. The monoisotopic (exact) mass is 310 g/mol. The third-order valence-corrected chi connectivity index (χ3v) is 3.78. The Labute approximate surface area is 123 Å². The number of alkyl halides is 4. The van der Waals surface area contributed by atoms with Crippen LogP contribution in [0.4, 0.5) is 18.9 Å². The number of nitrogens with zero attached hydrogens (tertiary/aromatic N) is 1. The molecule has 21 heavy (non-hydrogen) atoms. The fraction of sp³-hybridized carbons (Fsp3) is 0.133. The minimum absolute atomic E-state index is 0.226. The molecule has 0 spiro atoms. The minimum atomic E-state index is -4.50. The van der Waals surface area contributed by atoms with Gasteiger partial charge in [-0.1, -0.05) is 41.9 Å². The molecule has 1 unspecified atom stereocenters. The van der Waals surface area contributed by atoms with Crippen molar-refractivity contribution < 1.29 is 13.2 Å². The first kappa shape index (κ1) is 13.9. The van der Waals surface area contributed by atoms with Crippen molar-refractivity contribution in [2.24, 2.45) is 4.99 Å². The van der Waals surface area contributed by atoms with E-state index in [9.17, 15) is 13.2 Å². The SMILES string of the molecule is Nc1c(C(F)(F)F)ccc2c1=CC(Cl)(c1ccccc1)N=2. The number of nitrogen functional groups attached to an aromatic ring is 1. The summed E-state index contributed by atoms with van der Waals surface area (Å²) in [5.74, 6) is 0. The van der Waals surface area contributed by atoms with Crippen molar-refractivity contribution in [1.82, 2.24) is 0 Å². The van der Waals surface area contributed by atoms with Gasteiger partial charge in [-0.05, 0) is 23.8 Å². The fourth-order valence-corrected chi connectivity index (χ4v) is 2.67. The van der Waals surface area contributed by atoms with Crippen LogP contribution >= 0.6 is 11.6 Å². The van der Waals surface area contributed by atoms with Crippen LogP contribution in [0.5, 0.6) is 0 Å². The second-order valence-corrected chi connectivity index (χ2v) is 5.33. The number of fused-ring (bicyclic) bond motifs is 1. The van der Waals surface area contributed by atoms with E-state index in [0.717, 1.165) is 6.07 Å². The Hall–Kier alpha value is -2.01. The molecule has 6 heteroatoms. The standard InChI is InChI=1S/C15H10ClF3N2/c16-14(9-4-2-1-3-5-9)8-10-12(21-14)7-6-11(13(10)20)15(17,18)19/h1-8H,20H2. The lowest BCUT2D eigenvalue weighted by atomic mass is 10.1. The van der Waals surface area contributed by atoms with Crippen LogP contribution in [-0.4, -0.2) is 0 Å². The van der Waals surface area contributed by atoms with E-state index in [1.165, 1.54) is 12.1 Å². The Morgan fingerprint density at radius 2 is 1.71 bits per heavy atom. The molecule has 0 saturated carbocycles. The summed E-state index contributed by atoms with van der Waals surface area (Å²) in [6.07, 6.45) is -3.04. The molecule has 0 aromatic heterocycles. The summed E-state index contributed by atoms with van der Waals surface area (Å²) >= 11 is 6.44. The van der Waals surface area contributed by atoms with Gasteiger partial charge in [0.25, 0.3) is 0 Å². The molecule has 1 aliphatic rings. The average Bonchev–Trinajstić information content (AvgIpc) is 2.78. The van der Waals surface area contributed by atoms with Gasteiger partial charge in [0, 0.05) is 5.22 Å². The average molecular weight is 311 g/mol. The Balaban J connectivity index is 2.23. The van der Waals surface area contributed by atoms with Crippen LogP contribution in [0.2, 0.25) is 0 Å². The minimum Gasteiger partial charge on any atom is -0.398 e. The van der Waals surface area contributed by atoms with Crippen molar-refractivity contribution in [3.63, 3.8) is 0 Å². The molecular weight excluding hydrogens is 301 g/mol. The van der Waals surface area contributed by atoms with Crippen LogP contribution in [0.1, 0.15) is 11.1 Å². The van der Waals surface area contributed by atoms with Crippen LogP contribution in [0.3, 0.4) is 0 Å². The van der Waals surface area contributed by atoms with Gasteiger partial charge in [-0.2, -0.15) is 13.2 Å².